The molecule has 3 heteroatoms. The quantitative estimate of drug-likeness (QED) is 0.612. The molecule has 3 nitrogen and oxygen atoms in total. The molecule has 1 radical (unpaired) electrons. The molecule has 0 heterocycles. The molecule has 0 spiro atoms. The summed E-state index contributed by atoms with van der Waals surface area (Å²) in [5, 5.41) is 8.54. The predicted octanol–water partition coefficient (Wildman–Crippen LogP) is 0.597. The van der Waals surface area contributed by atoms with Gasteiger partial charge in [0.1, 0.15) is 0 Å². The molecule has 0 amide bonds. The van der Waals surface area contributed by atoms with Crippen LogP contribution >= 0.6 is 0 Å². The number of carbonyl (C=O) groups excluding carboxylic acids is 1. The summed E-state index contributed by atoms with van der Waals surface area (Å²) in [7, 11) is 0. The molecule has 0 bridgehead atoms. The molecule has 0 aromatic rings. The summed E-state index contributed by atoms with van der Waals surface area (Å²) >= 11 is 0. The molecule has 2 atom stereocenters. The Morgan fingerprint density at radius 2 is 2.20 bits per heavy atom. The highest BCUT2D eigenvalue weighted by molar-refractivity contribution is 5.75. The molecule has 1 aliphatic carbocycles. The standard InChI is InChI=1S/C7H9O3/c8-4-5-2-1-3-6(5)7(9)10/h5-6H,1-3H2,(H,9,10). The lowest BCUT2D eigenvalue weighted by Crippen LogP contribution is -2.18. The maximum atomic E-state index is 10.4. The van der Waals surface area contributed by atoms with Gasteiger partial charge >= 0.3 is 5.97 Å². The summed E-state index contributed by atoms with van der Waals surface area (Å²) < 4.78 is 0. The number of carbonyl (C=O) groups is 1. The fourth-order valence-electron chi connectivity index (χ4n) is 1.40. The van der Waals surface area contributed by atoms with E-state index in [1.54, 1.807) is 6.29 Å². The first-order chi connectivity index (χ1) is 4.75. The van der Waals surface area contributed by atoms with Crippen molar-refractivity contribution >= 4 is 12.3 Å². The summed E-state index contributed by atoms with van der Waals surface area (Å²) in [5.41, 5.74) is 0. The van der Waals surface area contributed by atoms with Gasteiger partial charge in [-0.25, -0.2) is 0 Å². The maximum Gasteiger partial charge on any atom is 0.307 e. The van der Waals surface area contributed by atoms with E-state index in [-0.39, 0.29) is 5.92 Å². The van der Waals surface area contributed by atoms with Gasteiger partial charge in [0.2, 0.25) is 6.29 Å². The third-order valence-corrected chi connectivity index (χ3v) is 1.98. The van der Waals surface area contributed by atoms with E-state index in [1.165, 1.54) is 0 Å². The van der Waals surface area contributed by atoms with E-state index in [9.17, 15) is 9.59 Å². The Hall–Kier alpha value is -0.860. The zero-order valence-electron chi connectivity index (χ0n) is 5.54. The van der Waals surface area contributed by atoms with Crippen LogP contribution in [0.4, 0.5) is 0 Å². The Morgan fingerprint density at radius 3 is 2.60 bits per heavy atom. The van der Waals surface area contributed by atoms with Gasteiger partial charge in [0.15, 0.2) is 0 Å². The van der Waals surface area contributed by atoms with Crippen LogP contribution in [-0.4, -0.2) is 17.4 Å². The lowest BCUT2D eigenvalue weighted by Gasteiger charge is -2.05. The van der Waals surface area contributed by atoms with Gasteiger partial charge in [-0.3, -0.25) is 9.59 Å². The van der Waals surface area contributed by atoms with Crippen LogP contribution in [0.5, 0.6) is 0 Å². The zero-order valence-corrected chi connectivity index (χ0v) is 5.54. The van der Waals surface area contributed by atoms with Crippen LogP contribution in [0.1, 0.15) is 19.3 Å². The molecular formula is C7H9O3. The van der Waals surface area contributed by atoms with Crippen molar-refractivity contribution in [2.24, 2.45) is 11.8 Å². The molecule has 2 unspecified atom stereocenters. The van der Waals surface area contributed by atoms with E-state index in [1.807, 2.05) is 0 Å². The Balaban J connectivity index is 2.58. The monoisotopic (exact) mass is 141 g/mol. The summed E-state index contributed by atoms with van der Waals surface area (Å²) in [5.74, 6) is -1.67. The Bertz CT molecular complexity index is 153. The lowest BCUT2D eigenvalue weighted by atomic mass is 9.98. The minimum atomic E-state index is -0.856. The van der Waals surface area contributed by atoms with Crippen molar-refractivity contribution in [1.82, 2.24) is 0 Å². The average Bonchev–Trinajstić information content (AvgIpc) is 2.33. The van der Waals surface area contributed by atoms with Crippen molar-refractivity contribution in [3.63, 3.8) is 0 Å². The van der Waals surface area contributed by atoms with Gasteiger partial charge in [-0.05, 0) is 12.8 Å². The number of aliphatic carboxylic acids is 1. The first-order valence-electron chi connectivity index (χ1n) is 3.36. The van der Waals surface area contributed by atoms with E-state index in [0.29, 0.717) is 12.8 Å². The number of hydrogen-bond donors (Lipinski definition) is 1. The third kappa shape index (κ3) is 1.17. The SMILES string of the molecule is O=[C]C1CCCC1C(=O)O. The van der Waals surface area contributed by atoms with E-state index in [0.717, 1.165) is 6.42 Å². The lowest BCUT2D eigenvalue weighted by molar-refractivity contribution is -0.142. The van der Waals surface area contributed by atoms with Crippen molar-refractivity contribution in [3.8, 4) is 0 Å². The van der Waals surface area contributed by atoms with Crippen LogP contribution in [0.25, 0.3) is 0 Å². The Labute approximate surface area is 59.0 Å². The van der Waals surface area contributed by atoms with Crippen LogP contribution in [0, 0.1) is 11.8 Å². The highest BCUT2D eigenvalue weighted by atomic mass is 16.4. The third-order valence-electron chi connectivity index (χ3n) is 1.98. The Kier molecular flexibility index (Phi) is 2.04. The fourth-order valence-corrected chi connectivity index (χ4v) is 1.40. The zero-order chi connectivity index (χ0) is 7.56. The van der Waals surface area contributed by atoms with Gasteiger partial charge in [-0.1, -0.05) is 6.42 Å². The van der Waals surface area contributed by atoms with E-state index in [4.69, 9.17) is 5.11 Å². The maximum absolute atomic E-state index is 10.4. The van der Waals surface area contributed by atoms with Crippen molar-refractivity contribution in [2.75, 3.05) is 0 Å². The highest BCUT2D eigenvalue weighted by Gasteiger charge is 2.32. The van der Waals surface area contributed by atoms with Crippen LogP contribution in [0.3, 0.4) is 0 Å². The average molecular weight is 141 g/mol. The highest BCUT2D eigenvalue weighted by Crippen LogP contribution is 2.29. The van der Waals surface area contributed by atoms with Crippen LogP contribution in [-0.2, 0) is 9.59 Å². The van der Waals surface area contributed by atoms with Crippen LogP contribution in [0.2, 0.25) is 0 Å². The van der Waals surface area contributed by atoms with Crippen LogP contribution < -0.4 is 0 Å². The van der Waals surface area contributed by atoms with Crippen molar-refractivity contribution in [1.29, 1.82) is 0 Å². The second-order valence-corrected chi connectivity index (χ2v) is 2.60. The first kappa shape index (κ1) is 7.25. The summed E-state index contributed by atoms with van der Waals surface area (Å²) in [6.45, 7) is 0. The van der Waals surface area contributed by atoms with Gasteiger partial charge in [0, 0.05) is 5.92 Å². The summed E-state index contributed by atoms with van der Waals surface area (Å²) in [4.78, 5) is 20.5. The topological polar surface area (TPSA) is 54.4 Å². The summed E-state index contributed by atoms with van der Waals surface area (Å²) in [6.07, 6.45) is 3.94. The second kappa shape index (κ2) is 2.82. The molecule has 1 fully saturated rings. The molecule has 55 valence electrons. The van der Waals surface area contributed by atoms with E-state index < -0.39 is 11.9 Å². The number of rotatable bonds is 2. The molecule has 0 aliphatic heterocycles. The van der Waals surface area contributed by atoms with Gasteiger partial charge in [-0.15, -0.1) is 0 Å². The molecule has 0 aromatic carbocycles. The summed E-state index contributed by atoms with van der Waals surface area (Å²) in [6, 6.07) is 0. The number of carboxylic acids is 1. The van der Waals surface area contributed by atoms with Gasteiger partial charge in [-0.2, -0.15) is 0 Å². The largest absolute Gasteiger partial charge is 0.481 e. The molecule has 1 saturated carbocycles. The molecule has 1 N–H and O–H groups in total. The molecule has 1 rings (SSSR count). The first-order valence-corrected chi connectivity index (χ1v) is 3.36. The van der Waals surface area contributed by atoms with E-state index in [2.05, 4.69) is 0 Å². The van der Waals surface area contributed by atoms with Gasteiger partial charge < -0.3 is 5.11 Å². The second-order valence-electron chi connectivity index (χ2n) is 2.60. The van der Waals surface area contributed by atoms with Crippen molar-refractivity contribution in [3.05, 3.63) is 0 Å². The van der Waals surface area contributed by atoms with E-state index >= 15 is 0 Å². The van der Waals surface area contributed by atoms with Gasteiger partial charge in [0.05, 0.1) is 5.92 Å². The molecule has 0 saturated heterocycles. The molecular weight excluding hydrogens is 132 g/mol. The molecule has 0 aromatic heterocycles. The molecule has 1 aliphatic rings. The number of carboxylic acid groups (broad SMARTS) is 1. The minimum Gasteiger partial charge on any atom is -0.481 e. The molecule has 10 heavy (non-hydrogen) atoms. The predicted molar refractivity (Wildman–Crippen MR) is 34.2 cm³/mol. The van der Waals surface area contributed by atoms with Crippen LogP contribution in [0.15, 0.2) is 0 Å². The normalized spacial score (nSPS) is 32.0. The fraction of sp³-hybridized carbons (Fsp3) is 0.714. The number of hydrogen-bond acceptors (Lipinski definition) is 2. The smallest absolute Gasteiger partial charge is 0.307 e. The Morgan fingerprint density at radius 1 is 1.50 bits per heavy atom. The van der Waals surface area contributed by atoms with Gasteiger partial charge in [0.25, 0.3) is 0 Å². The van der Waals surface area contributed by atoms with Crippen molar-refractivity contribution in [2.45, 2.75) is 19.3 Å². The minimum absolute atomic E-state index is 0.350. The van der Waals surface area contributed by atoms with Crippen molar-refractivity contribution < 1.29 is 14.7 Å².